The topological polar surface area (TPSA) is 133 Å². The number of carbonyl (C=O) groups excluding carboxylic acids is 2. The molecule has 0 fully saturated rings. The fraction of sp³-hybridized carbons (Fsp3) is 0.250. The highest BCUT2D eigenvalue weighted by atomic mass is 16.5. The predicted molar refractivity (Wildman–Crippen MR) is 120 cm³/mol. The van der Waals surface area contributed by atoms with Crippen LogP contribution in [0.3, 0.4) is 0 Å². The largest absolute Gasteiger partial charge is 0.480 e. The number of rotatable bonds is 8. The summed E-state index contributed by atoms with van der Waals surface area (Å²) < 4.78 is 5.44. The third kappa shape index (κ3) is 4.87. The van der Waals surface area contributed by atoms with Crippen LogP contribution in [0.1, 0.15) is 29.7 Å². The first-order valence-electron chi connectivity index (χ1n) is 10.6. The molecule has 1 aliphatic carbocycles. The molecule has 0 saturated heterocycles. The van der Waals surface area contributed by atoms with Gasteiger partial charge in [-0.1, -0.05) is 48.5 Å². The van der Waals surface area contributed by atoms with Gasteiger partial charge in [0.15, 0.2) is 0 Å². The number of amides is 2. The van der Waals surface area contributed by atoms with Crippen LogP contribution in [0.4, 0.5) is 4.79 Å². The van der Waals surface area contributed by atoms with E-state index in [2.05, 4.69) is 20.6 Å². The number of imidazole rings is 1. The van der Waals surface area contributed by atoms with Gasteiger partial charge in [0, 0.05) is 24.2 Å². The van der Waals surface area contributed by atoms with Gasteiger partial charge >= 0.3 is 12.1 Å². The quantitative estimate of drug-likeness (QED) is 0.418. The maximum absolute atomic E-state index is 12.4. The Balaban J connectivity index is 1.33. The van der Waals surface area contributed by atoms with Gasteiger partial charge in [-0.3, -0.25) is 4.79 Å². The van der Waals surface area contributed by atoms with Gasteiger partial charge in [0.2, 0.25) is 5.91 Å². The van der Waals surface area contributed by atoms with E-state index in [0.29, 0.717) is 5.69 Å². The minimum absolute atomic E-state index is 0.0404. The molecule has 33 heavy (non-hydrogen) atoms. The number of benzene rings is 2. The van der Waals surface area contributed by atoms with E-state index >= 15 is 0 Å². The number of nitrogens with one attached hydrogen (secondary N) is 3. The molecule has 0 aliphatic heterocycles. The molecular formula is C24H24N4O5. The first-order valence-corrected chi connectivity index (χ1v) is 10.6. The number of ether oxygens (including phenoxy) is 1. The lowest BCUT2D eigenvalue weighted by Gasteiger charge is -2.19. The number of aromatic amines is 1. The molecule has 4 N–H and O–H groups in total. The van der Waals surface area contributed by atoms with Crippen molar-refractivity contribution in [1.82, 2.24) is 20.6 Å². The molecule has 0 radical (unpaired) electrons. The molecule has 2 amide bonds. The van der Waals surface area contributed by atoms with Crippen molar-refractivity contribution in [2.45, 2.75) is 31.3 Å². The summed E-state index contributed by atoms with van der Waals surface area (Å²) >= 11 is 0. The Kier molecular flexibility index (Phi) is 6.39. The summed E-state index contributed by atoms with van der Waals surface area (Å²) in [6, 6.07) is 13.8. The number of carboxylic acids is 1. The smallest absolute Gasteiger partial charge is 0.407 e. The minimum atomic E-state index is -1.19. The Hall–Kier alpha value is -4.14. The standard InChI is InChI=1S/C24H24N4O5/c1-14(22(29)28-21(23(30)31)10-15-11-25-13-26-15)27-24(32)33-12-20-18-8-4-2-6-16(18)17-7-3-5-9-19(17)20/h2-9,11,13-14,20-21H,10,12H2,1H3,(H,25,26)(H,27,32)(H,28,29)(H,30,31)/t14-,21?/m0/s1. The highest BCUT2D eigenvalue weighted by Gasteiger charge is 2.30. The van der Waals surface area contributed by atoms with E-state index < -0.39 is 30.1 Å². The number of H-pyrrole nitrogens is 1. The van der Waals surface area contributed by atoms with Gasteiger partial charge in [-0.2, -0.15) is 0 Å². The molecular weight excluding hydrogens is 424 g/mol. The Morgan fingerprint density at radius 2 is 1.70 bits per heavy atom. The number of carbonyl (C=O) groups is 3. The van der Waals surface area contributed by atoms with Crippen molar-refractivity contribution in [3.63, 3.8) is 0 Å². The summed E-state index contributed by atoms with van der Waals surface area (Å²) in [5, 5.41) is 14.3. The van der Waals surface area contributed by atoms with Crippen LogP contribution < -0.4 is 10.6 Å². The molecule has 0 spiro atoms. The maximum atomic E-state index is 12.4. The second kappa shape index (κ2) is 9.56. The number of aliphatic carboxylic acids is 1. The Labute approximate surface area is 190 Å². The fourth-order valence-electron chi connectivity index (χ4n) is 4.00. The van der Waals surface area contributed by atoms with Crippen LogP contribution in [-0.4, -0.2) is 51.7 Å². The Morgan fingerprint density at radius 1 is 1.06 bits per heavy atom. The highest BCUT2D eigenvalue weighted by Crippen LogP contribution is 2.44. The van der Waals surface area contributed by atoms with Gasteiger partial charge in [0.1, 0.15) is 18.7 Å². The van der Waals surface area contributed by atoms with E-state index in [4.69, 9.17) is 4.74 Å². The van der Waals surface area contributed by atoms with Crippen LogP contribution in [0.15, 0.2) is 61.1 Å². The third-order valence-electron chi connectivity index (χ3n) is 5.66. The molecule has 0 bridgehead atoms. The van der Waals surface area contributed by atoms with Crippen molar-refractivity contribution in [1.29, 1.82) is 0 Å². The molecule has 9 nitrogen and oxygen atoms in total. The molecule has 1 unspecified atom stereocenters. The van der Waals surface area contributed by atoms with Gasteiger partial charge in [0.25, 0.3) is 0 Å². The second-order valence-corrected chi connectivity index (χ2v) is 7.87. The average Bonchev–Trinajstić information content (AvgIpc) is 3.43. The molecule has 4 rings (SSSR count). The lowest BCUT2D eigenvalue weighted by Crippen LogP contribution is -2.51. The Morgan fingerprint density at radius 3 is 2.27 bits per heavy atom. The van der Waals surface area contributed by atoms with Crippen molar-refractivity contribution in [2.24, 2.45) is 0 Å². The second-order valence-electron chi connectivity index (χ2n) is 7.87. The van der Waals surface area contributed by atoms with Gasteiger partial charge < -0.3 is 25.5 Å². The lowest BCUT2D eigenvalue weighted by molar-refractivity contribution is -0.142. The maximum Gasteiger partial charge on any atom is 0.407 e. The molecule has 2 aromatic carbocycles. The first-order chi connectivity index (χ1) is 15.9. The van der Waals surface area contributed by atoms with E-state index in [9.17, 15) is 19.5 Å². The van der Waals surface area contributed by atoms with Gasteiger partial charge in [-0.15, -0.1) is 0 Å². The highest BCUT2D eigenvalue weighted by molar-refractivity contribution is 5.89. The molecule has 2 atom stereocenters. The number of alkyl carbamates (subject to hydrolysis) is 1. The van der Waals surface area contributed by atoms with E-state index in [-0.39, 0.29) is 18.9 Å². The zero-order valence-corrected chi connectivity index (χ0v) is 17.9. The average molecular weight is 448 g/mol. The van der Waals surface area contributed by atoms with Crippen LogP contribution in [0.5, 0.6) is 0 Å². The number of aromatic nitrogens is 2. The van der Waals surface area contributed by atoms with Gasteiger partial charge in [0.05, 0.1) is 6.33 Å². The summed E-state index contributed by atoms with van der Waals surface area (Å²) in [4.78, 5) is 42.9. The SMILES string of the molecule is C[C@H](NC(=O)OCC1c2ccccc2-c2ccccc21)C(=O)NC(Cc1cnc[nH]1)C(=O)O. The van der Waals surface area contributed by atoms with Crippen LogP contribution in [0, 0.1) is 0 Å². The van der Waals surface area contributed by atoms with E-state index in [1.54, 1.807) is 0 Å². The Bertz CT molecular complexity index is 1120. The molecule has 1 aromatic heterocycles. The normalized spacial score (nSPS) is 14.0. The van der Waals surface area contributed by atoms with Crippen LogP contribution >= 0.6 is 0 Å². The first kappa shape index (κ1) is 22.1. The molecule has 1 heterocycles. The fourth-order valence-corrected chi connectivity index (χ4v) is 4.00. The zero-order chi connectivity index (χ0) is 23.4. The number of nitrogens with zero attached hydrogens (tertiary/aromatic N) is 1. The summed E-state index contributed by atoms with van der Waals surface area (Å²) in [5.74, 6) is -1.92. The molecule has 1 aliphatic rings. The van der Waals surface area contributed by atoms with Crippen molar-refractivity contribution in [3.05, 3.63) is 77.9 Å². The predicted octanol–water partition coefficient (Wildman–Crippen LogP) is 2.45. The van der Waals surface area contributed by atoms with Crippen molar-refractivity contribution >= 4 is 18.0 Å². The zero-order valence-electron chi connectivity index (χ0n) is 17.9. The molecule has 0 saturated carbocycles. The number of fused-ring (bicyclic) bond motifs is 3. The number of hydrogen-bond acceptors (Lipinski definition) is 5. The molecule has 9 heteroatoms. The van der Waals surface area contributed by atoms with Crippen molar-refractivity contribution in [2.75, 3.05) is 6.61 Å². The summed E-state index contributed by atoms with van der Waals surface area (Å²) in [5.41, 5.74) is 4.97. The van der Waals surface area contributed by atoms with Gasteiger partial charge in [-0.25, -0.2) is 14.6 Å². The monoisotopic (exact) mass is 448 g/mol. The van der Waals surface area contributed by atoms with Gasteiger partial charge in [-0.05, 0) is 29.2 Å². The summed E-state index contributed by atoms with van der Waals surface area (Å²) in [6.07, 6.45) is 2.20. The number of hydrogen-bond donors (Lipinski definition) is 4. The van der Waals surface area contributed by atoms with Crippen LogP contribution in [0.25, 0.3) is 11.1 Å². The van der Waals surface area contributed by atoms with E-state index in [0.717, 1.165) is 22.3 Å². The van der Waals surface area contributed by atoms with E-state index in [1.165, 1.54) is 19.4 Å². The number of carboxylic acid groups (broad SMARTS) is 1. The third-order valence-corrected chi connectivity index (χ3v) is 5.66. The van der Waals surface area contributed by atoms with Crippen molar-refractivity contribution in [3.8, 4) is 11.1 Å². The molecule has 170 valence electrons. The molecule has 3 aromatic rings. The van der Waals surface area contributed by atoms with Crippen LogP contribution in [0.2, 0.25) is 0 Å². The summed E-state index contributed by atoms with van der Waals surface area (Å²) in [7, 11) is 0. The van der Waals surface area contributed by atoms with E-state index in [1.807, 2.05) is 48.5 Å². The van der Waals surface area contributed by atoms with Crippen LogP contribution in [-0.2, 0) is 20.7 Å². The minimum Gasteiger partial charge on any atom is -0.480 e. The summed E-state index contributed by atoms with van der Waals surface area (Å²) in [6.45, 7) is 1.58. The van der Waals surface area contributed by atoms with Crippen molar-refractivity contribution < 1.29 is 24.2 Å². The lowest BCUT2D eigenvalue weighted by atomic mass is 9.98.